The Morgan fingerprint density at radius 1 is 1.53 bits per heavy atom. The molecular weight excluding hydrogens is 291 g/mol. The molecule has 0 N–H and O–H groups in total. The van der Waals surface area contributed by atoms with Crippen molar-refractivity contribution in [1.29, 1.82) is 0 Å². The summed E-state index contributed by atoms with van der Waals surface area (Å²) >= 11 is 3.20. The van der Waals surface area contributed by atoms with Crippen molar-refractivity contribution in [3.63, 3.8) is 0 Å². The molecule has 1 aliphatic carbocycles. The Bertz CT molecular complexity index is 444. The lowest BCUT2D eigenvalue weighted by atomic mass is 10.2. The van der Waals surface area contributed by atoms with Crippen LogP contribution in [0.5, 0.6) is 5.75 Å². The van der Waals surface area contributed by atoms with Gasteiger partial charge >= 0.3 is 5.97 Å². The summed E-state index contributed by atoms with van der Waals surface area (Å²) in [5, 5.41) is 0. The Morgan fingerprint density at radius 3 is 2.82 bits per heavy atom. The molecule has 1 saturated carbocycles. The number of halogens is 2. The average Bonchev–Trinajstić information content (AvgIpc) is 3.12. The third kappa shape index (κ3) is 2.97. The van der Waals surface area contributed by atoms with Gasteiger partial charge in [0.25, 0.3) is 0 Å². The Kier molecular flexibility index (Phi) is 3.66. The van der Waals surface area contributed by atoms with E-state index in [1.165, 1.54) is 13.2 Å². The van der Waals surface area contributed by atoms with E-state index in [1.54, 1.807) is 0 Å². The van der Waals surface area contributed by atoms with Crippen LogP contribution in [0.4, 0.5) is 4.39 Å². The van der Waals surface area contributed by atoms with Gasteiger partial charge in [0.05, 0.1) is 19.3 Å². The molecule has 1 aromatic carbocycles. The molecular formula is C12H12BrFO3. The third-order valence-electron chi connectivity index (χ3n) is 2.60. The number of carbonyl (C=O) groups is 1. The molecule has 0 saturated heterocycles. The molecule has 2 rings (SSSR count). The van der Waals surface area contributed by atoms with Crippen LogP contribution in [0.25, 0.3) is 0 Å². The van der Waals surface area contributed by atoms with E-state index in [1.807, 2.05) is 0 Å². The van der Waals surface area contributed by atoms with Gasteiger partial charge in [-0.2, -0.15) is 0 Å². The van der Waals surface area contributed by atoms with Crippen molar-refractivity contribution >= 4 is 21.9 Å². The van der Waals surface area contributed by atoms with Crippen molar-refractivity contribution in [2.75, 3.05) is 13.7 Å². The highest BCUT2D eigenvalue weighted by Crippen LogP contribution is 2.32. The molecule has 5 heteroatoms. The SMILES string of the molecule is COC(=O)c1cc(F)c(OCC2CC2)cc1Br. The molecule has 1 aromatic rings. The number of benzene rings is 1. The second-order valence-electron chi connectivity index (χ2n) is 4.01. The fourth-order valence-electron chi connectivity index (χ4n) is 1.40. The van der Waals surface area contributed by atoms with Gasteiger partial charge in [0.15, 0.2) is 11.6 Å². The topological polar surface area (TPSA) is 35.5 Å². The van der Waals surface area contributed by atoms with Gasteiger partial charge in [0.2, 0.25) is 0 Å². The first-order valence-corrected chi connectivity index (χ1v) is 6.11. The van der Waals surface area contributed by atoms with Gasteiger partial charge in [-0.3, -0.25) is 0 Å². The first-order valence-electron chi connectivity index (χ1n) is 5.32. The minimum Gasteiger partial charge on any atom is -0.490 e. The zero-order valence-corrected chi connectivity index (χ0v) is 10.9. The second-order valence-corrected chi connectivity index (χ2v) is 4.86. The second kappa shape index (κ2) is 5.04. The molecule has 0 bridgehead atoms. The van der Waals surface area contributed by atoms with E-state index in [2.05, 4.69) is 20.7 Å². The Hall–Kier alpha value is -1.10. The standard InChI is InChI=1S/C12H12BrFO3/c1-16-12(15)8-4-10(14)11(5-9(8)13)17-6-7-2-3-7/h4-5,7H,2-3,6H2,1H3. The molecule has 3 nitrogen and oxygen atoms in total. The molecule has 0 atom stereocenters. The first-order chi connectivity index (χ1) is 8.11. The van der Waals surface area contributed by atoms with Gasteiger partial charge in [-0.05, 0) is 46.8 Å². The predicted octanol–water partition coefficient (Wildman–Crippen LogP) is 3.16. The maximum Gasteiger partial charge on any atom is 0.339 e. The number of ether oxygens (including phenoxy) is 2. The Morgan fingerprint density at radius 2 is 2.24 bits per heavy atom. The number of esters is 1. The maximum atomic E-state index is 13.6. The number of hydrogen-bond donors (Lipinski definition) is 0. The first kappa shape index (κ1) is 12.4. The number of hydrogen-bond acceptors (Lipinski definition) is 3. The number of carbonyl (C=O) groups excluding carboxylic acids is 1. The quantitative estimate of drug-likeness (QED) is 0.802. The summed E-state index contributed by atoms with van der Waals surface area (Å²) in [7, 11) is 1.25. The van der Waals surface area contributed by atoms with Gasteiger partial charge < -0.3 is 9.47 Å². The number of rotatable bonds is 4. The summed E-state index contributed by atoms with van der Waals surface area (Å²) in [6.45, 7) is 0.529. The molecule has 0 spiro atoms. The molecule has 0 aliphatic heterocycles. The third-order valence-corrected chi connectivity index (χ3v) is 3.25. The van der Waals surface area contributed by atoms with Crippen LogP contribution in [0.1, 0.15) is 23.2 Å². The minimum absolute atomic E-state index is 0.156. The van der Waals surface area contributed by atoms with Gasteiger partial charge in [-0.15, -0.1) is 0 Å². The van der Waals surface area contributed by atoms with Crippen LogP contribution in [-0.2, 0) is 4.74 Å². The fourth-order valence-corrected chi connectivity index (χ4v) is 1.88. The van der Waals surface area contributed by atoms with Crippen LogP contribution < -0.4 is 4.74 Å². The Labute approximate surface area is 107 Å². The molecule has 0 radical (unpaired) electrons. The molecule has 92 valence electrons. The van der Waals surface area contributed by atoms with E-state index in [9.17, 15) is 9.18 Å². The highest BCUT2D eigenvalue weighted by Gasteiger charge is 2.23. The van der Waals surface area contributed by atoms with Crippen molar-refractivity contribution in [2.45, 2.75) is 12.8 Å². The monoisotopic (exact) mass is 302 g/mol. The van der Waals surface area contributed by atoms with E-state index in [4.69, 9.17) is 4.74 Å². The maximum absolute atomic E-state index is 13.6. The molecule has 1 fully saturated rings. The van der Waals surface area contributed by atoms with E-state index in [0.717, 1.165) is 18.9 Å². The zero-order chi connectivity index (χ0) is 12.4. The smallest absolute Gasteiger partial charge is 0.339 e. The molecule has 0 amide bonds. The van der Waals surface area contributed by atoms with Crippen LogP contribution in [0, 0.1) is 11.7 Å². The van der Waals surface area contributed by atoms with Gasteiger partial charge in [-0.1, -0.05) is 0 Å². The van der Waals surface area contributed by atoms with Crippen molar-refractivity contribution in [1.82, 2.24) is 0 Å². The number of methoxy groups -OCH3 is 1. The molecule has 17 heavy (non-hydrogen) atoms. The lowest BCUT2D eigenvalue weighted by Crippen LogP contribution is -2.06. The average molecular weight is 303 g/mol. The summed E-state index contributed by atoms with van der Waals surface area (Å²) in [5.74, 6) is -0.413. The lowest BCUT2D eigenvalue weighted by molar-refractivity contribution is 0.0599. The fraction of sp³-hybridized carbons (Fsp3) is 0.417. The molecule has 0 heterocycles. The minimum atomic E-state index is -0.579. The largest absolute Gasteiger partial charge is 0.490 e. The summed E-state index contributed by atoms with van der Waals surface area (Å²) in [5.41, 5.74) is 0.156. The van der Waals surface area contributed by atoms with Crippen LogP contribution in [0.15, 0.2) is 16.6 Å². The normalized spacial score (nSPS) is 14.5. The van der Waals surface area contributed by atoms with E-state index >= 15 is 0 Å². The Balaban J connectivity index is 2.17. The summed E-state index contributed by atoms with van der Waals surface area (Å²) < 4.78 is 24.0. The van der Waals surface area contributed by atoms with Crippen molar-refractivity contribution in [2.24, 2.45) is 5.92 Å². The highest BCUT2D eigenvalue weighted by molar-refractivity contribution is 9.10. The van der Waals surface area contributed by atoms with Gasteiger partial charge in [-0.25, -0.2) is 9.18 Å². The van der Waals surface area contributed by atoms with Gasteiger partial charge in [0, 0.05) is 4.47 Å². The summed E-state index contributed by atoms with van der Waals surface area (Å²) in [4.78, 5) is 11.3. The molecule has 1 aliphatic rings. The van der Waals surface area contributed by atoms with Crippen LogP contribution in [0.2, 0.25) is 0 Å². The van der Waals surface area contributed by atoms with E-state index < -0.39 is 11.8 Å². The van der Waals surface area contributed by atoms with Crippen molar-refractivity contribution in [3.8, 4) is 5.75 Å². The predicted molar refractivity (Wildman–Crippen MR) is 63.7 cm³/mol. The zero-order valence-electron chi connectivity index (χ0n) is 9.33. The van der Waals surface area contributed by atoms with Crippen LogP contribution >= 0.6 is 15.9 Å². The van der Waals surface area contributed by atoms with Crippen LogP contribution in [-0.4, -0.2) is 19.7 Å². The van der Waals surface area contributed by atoms with E-state index in [0.29, 0.717) is 17.0 Å². The van der Waals surface area contributed by atoms with Crippen molar-refractivity contribution < 1.29 is 18.7 Å². The highest BCUT2D eigenvalue weighted by atomic mass is 79.9. The molecule has 0 aromatic heterocycles. The molecule has 0 unspecified atom stereocenters. The van der Waals surface area contributed by atoms with E-state index in [-0.39, 0.29) is 11.3 Å². The summed E-state index contributed by atoms with van der Waals surface area (Å²) in [6.07, 6.45) is 2.28. The summed E-state index contributed by atoms with van der Waals surface area (Å²) in [6, 6.07) is 2.59. The lowest BCUT2D eigenvalue weighted by Gasteiger charge is -2.09. The van der Waals surface area contributed by atoms with Gasteiger partial charge in [0.1, 0.15) is 0 Å². The van der Waals surface area contributed by atoms with Crippen molar-refractivity contribution in [3.05, 3.63) is 28.0 Å². The van der Waals surface area contributed by atoms with Crippen LogP contribution in [0.3, 0.4) is 0 Å².